The van der Waals surface area contributed by atoms with Crippen LogP contribution in [-0.2, 0) is 17.1 Å². The van der Waals surface area contributed by atoms with E-state index in [-0.39, 0.29) is 6.42 Å². The van der Waals surface area contributed by atoms with Crippen LogP contribution in [0, 0.1) is 5.82 Å². The van der Waals surface area contributed by atoms with Gasteiger partial charge in [0.2, 0.25) is 10.0 Å². The Morgan fingerprint density at radius 2 is 2.15 bits per heavy atom. The number of aryl methyl sites for hydroxylation is 1. The number of rotatable bonds is 4. The normalized spacial score (nSPS) is 21.5. The molecule has 1 unspecified atom stereocenters. The molecule has 112 valence electrons. The fraction of sp³-hybridized carbons (Fsp3) is 0.500. The summed E-state index contributed by atoms with van der Waals surface area (Å²) in [5.41, 5.74) is -0.967. The van der Waals surface area contributed by atoms with E-state index in [2.05, 4.69) is 0 Å². The van der Waals surface area contributed by atoms with Gasteiger partial charge in [-0.1, -0.05) is 0 Å². The van der Waals surface area contributed by atoms with Gasteiger partial charge in [0.05, 0.1) is 12.0 Å². The fourth-order valence-corrected chi connectivity index (χ4v) is 3.31. The average Bonchev–Trinajstić information content (AvgIpc) is 2.61. The molecule has 0 aromatic carbocycles. The number of nitrogens with one attached hydrogen (secondary N) is 1. The molecular formula is C10H10F3N2O4S-. The molecule has 0 aliphatic heterocycles. The first-order valence-corrected chi connectivity index (χ1v) is 7.01. The summed E-state index contributed by atoms with van der Waals surface area (Å²) in [6.45, 7) is 0. The molecule has 1 saturated carbocycles. The summed E-state index contributed by atoms with van der Waals surface area (Å²) in [6, 6.07) is -1.61. The van der Waals surface area contributed by atoms with E-state index < -0.39 is 50.8 Å². The summed E-state index contributed by atoms with van der Waals surface area (Å²) in [4.78, 5) is 9.67. The van der Waals surface area contributed by atoms with E-state index in [0.29, 0.717) is 10.8 Å². The number of aromatic nitrogens is 1. The number of carbonyl (C=O) groups is 1. The Balaban J connectivity index is 2.36. The summed E-state index contributed by atoms with van der Waals surface area (Å²) in [6.07, 6.45) is 0.162. The van der Waals surface area contributed by atoms with Crippen molar-refractivity contribution in [1.82, 2.24) is 9.29 Å². The van der Waals surface area contributed by atoms with Gasteiger partial charge in [0.15, 0.2) is 5.82 Å². The molecular weight excluding hydrogens is 301 g/mol. The van der Waals surface area contributed by atoms with Gasteiger partial charge in [-0.15, -0.1) is 0 Å². The number of carboxylic acid groups (broad SMARTS) is 1. The predicted octanol–water partition coefficient (Wildman–Crippen LogP) is -0.396. The predicted molar refractivity (Wildman–Crippen MR) is 58.0 cm³/mol. The lowest BCUT2D eigenvalue weighted by atomic mass is 9.89. The van der Waals surface area contributed by atoms with Crippen molar-refractivity contribution in [3.63, 3.8) is 0 Å². The van der Waals surface area contributed by atoms with Gasteiger partial charge in [0.1, 0.15) is 10.6 Å². The summed E-state index contributed by atoms with van der Waals surface area (Å²) in [5.74, 6) is -6.63. The highest BCUT2D eigenvalue weighted by molar-refractivity contribution is 7.89. The van der Waals surface area contributed by atoms with Gasteiger partial charge in [-0.2, -0.15) is 0 Å². The van der Waals surface area contributed by atoms with Crippen LogP contribution >= 0.6 is 0 Å². The summed E-state index contributed by atoms with van der Waals surface area (Å²) < 4.78 is 65.8. The van der Waals surface area contributed by atoms with Crippen molar-refractivity contribution < 1.29 is 31.5 Å². The Kier molecular flexibility index (Phi) is 3.33. The molecule has 0 radical (unpaired) electrons. The van der Waals surface area contributed by atoms with E-state index in [9.17, 15) is 31.5 Å². The molecule has 1 aromatic heterocycles. The molecule has 20 heavy (non-hydrogen) atoms. The van der Waals surface area contributed by atoms with Gasteiger partial charge < -0.3 is 14.5 Å². The largest absolute Gasteiger partial charge is 0.543 e. The van der Waals surface area contributed by atoms with Gasteiger partial charge in [0.25, 0.3) is 5.92 Å². The minimum absolute atomic E-state index is 0.0754. The van der Waals surface area contributed by atoms with Gasteiger partial charge in [-0.3, -0.25) is 0 Å². The molecule has 10 heteroatoms. The molecule has 1 fully saturated rings. The first kappa shape index (κ1) is 14.9. The smallest absolute Gasteiger partial charge is 0.264 e. The molecule has 1 N–H and O–H groups in total. The third-order valence-corrected chi connectivity index (χ3v) is 4.60. The monoisotopic (exact) mass is 311 g/mol. The van der Waals surface area contributed by atoms with Crippen molar-refractivity contribution in [2.45, 2.75) is 29.7 Å². The lowest BCUT2D eigenvalue weighted by Crippen LogP contribution is -2.54. The maximum absolute atomic E-state index is 13.8. The van der Waals surface area contributed by atoms with Crippen molar-refractivity contribution in [2.75, 3.05) is 0 Å². The zero-order valence-corrected chi connectivity index (χ0v) is 11.0. The number of aromatic carboxylic acids is 1. The standard InChI is InChI=1S/C10H11F3N2O4S/c1-15-4-5(7(11)8(15)9(16)17)20(18,19)14-6-2-3-10(6,12)13/h4,6,14H,2-3H2,1H3,(H,16,17)/p-1. The van der Waals surface area contributed by atoms with Gasteiger partial charge in [-0.05, 0) is 6.42 Å². The quantitative estimate of drug-likeness (QED) is 0.819. The first-order chi connectivity index (χ1) is 9.06. The van der Waals surface area contributed by atoms with Gasteiger partial charge in [-0.25, -0.2) is 26.3 Å². The minimum atomic E-state index is -4.57. The highest BCUT2D eigenvalue weighted by Gasteiger charge is 2.50. The van der Waals surface area contributed by atoms with Crippen LogP contribution in [-0.4, -0.2) is 30.9 Å². The third-order valence-electron chi connectivity index (χ3n) is 3.14. The molecule has 0 amide bonds. The molecule has 1 atom stereocenters. The number of alkyl halides is 2. The van der Waals surface area contributed by atoms with Crippen LogP contribution in [0.15, 0.2) is 11.1 Å². The van der Waals surface area contributed by atoms with Crippen molar-refractivity contribution in [3.8, 4) is 0 Å². The molecule has 1 heterocycles. The maximum atomic E-state index is 13.8. The Morgan fingerprint density at radius 3 is 2.50 bits per heavy atom. The van der Waals surface area contributed by atoms with Crippen LogP contribution in [0.4, 0.5) is 13.2 Å². The van der Waals surface area contributed by atoms with Crippen LogP contribution in [0.25, 0.3) is 0 Å². The zero-order chi connectivity index (χ0) is 15.3. The van der Waals surface area contributed by atoms with Crippen LogP contribution in [0.5, 0.6) is 0 Å². The summed E-state index contributed by atoms with van der Waals surface area (Å²) in [5, 5.41) is 10.7. The second-order valence-corrected chi connectivity index (χ2v) is 6.21. The zero-order valence-electron chi connectivity index (χ0n) is 10.2. The second-order valence-electron chi connectivity index (χ2n) is 4.53. The van der Waals surface area contributed by atoms with E-state index in [1.54, 1.807) is 4.72 Å². The third kappa shape index (κ3) is 2.29. The van der Waals surface area contributed by atoms with Crippen LogP contribution in [0.1, 0.15) is 23.3 Å². The minimum Gasteiger partial charge on any atom is -0.543 e. The van der Waals surface area contributed by atoms with Crippen molar-refractivity contribution in [1.29, 1.82) is 0 Å². The molecule has 0 saturated heterocycles. The van der Waals surface area contributed by atoms with Gasteiger partial charge in [0, 0.05) is 19.7 Å². The Bertz CT molecular complexity index is 668. The maximum Gasteiger partial charge on any atom is 0.264 e. The van der Waals surface area contributed by atoms with E-state index in [1.165, 1.54) is 0 Å². The van der Waals surface area contributed by atoms with E-state index >= 15 is 0 Å². The lowest BCUT2D eigenvalue weighted by Gasteiger charge is -2.36. The van der Waals surface area contributed by atoms with E-state index in [0.717, 1.165) is 7.05 Å². The average molecular weight is 311 g/mol. The lowest BCUT2D eigenvalue weighted by molar-refractivity contribution is -0.256. The van der Waals surface area contributed by atoms with Crippen molar-refractivity contribution in [2.24, 2.45) is 7.05 Å². The number of halogens is 3. The number of hydrogen-bond donors (Lipinski definition) is 1. The van der Waals surface area contributed by atoms with Crippen LogP contribution < -0.4 is 9.83 Å². The Hall–Kier alpha value is -1.55. The fourth-order valence-electron chi connectivity index (χ4n) is 1.89. The number of carbonyl (C=O) groups excluding carboxylic acids is 1. The Labute approximate surface area is 112 Å². The molecule has 1 aromatic rings. The highest BCUT2D eigenvalue weighted by atomic mass is 32.2. The second kappa shape index (κ2) is 4.48. The van der Waals surface area contributed by atoms with E-state index in [4.69, 9.17) is 0 Å². The summed E-state index contributed by atoms with van der Waals surface area (Å²) >= 11 is 0. The topological polar surface area (TPSA) is 91.2 Å². The number of hydrogen-bond acceptors (Lipinski definition) is 4. The number of sulfonamides is 1. The molecule has 0 spiro atoms. The van der Waals surface area contributed by atoms with Gasteiger partial charge >= 0.3 is 0 Å². The summed E-state index contributed by atoms with van der Waals surface area (Å²) in [7, 11) is -3.47. The first-order valence-electron chi connectivity index (χ1n) is 5.52. The van der Waals surface area contributed by atoms with Crippen LogP contribution in [0.2, 0.25) is 0 Å². The SMILES string of the molecule is Cn1cc(S(=O)(=O)NC2CCC2(F)F)c(F)c1C(=O)[O-]. The Morgan fingerprint density at radius 1 is 1.55 bits per heavy atom. The molecule has 1 aliphatic carbocycles. The van der Waals surface area contributed by atoms with Crippen molar-refractivity contribution >= 4 is 16.0 Å². The van der Waals surface area contributed by atoms with E-state index in [1.807, 2.05) is 0 Å². The number of carboxylic acids is 1. The molecule has 0 bridgehead atoms. The van der Waals surface area contributed by atoms with Crippen LogP contribution in [0.3, 0.4) is 0 Å². The molecule has 2 rings (SSSR count). The van der Waals surface area contributed by atoms with Crippen molar-refractivity contribution in [3.05, 3.63) is 17.7 Å². The highest BCUT2D eigenvalue weighted by Crippen LogP contribution is 2.38. The molecule has 1 aliphatic rings. The number of nitrogens with zero attached hydrogens (tertiary/aromatic N) is 1. The molecule has 6 nitrogen and oxygen atoms in total.